The summed E-state index contributed by atoms with van der Waals surface area (Å²) in [7, 11) is 1.67. The largest absolute Gasteiger partial charge is 0.390 e. The smallest absolute Gasteiger partial charge is 0.0827 e. The summed E-state index contributed by atoms with van der Waals surface area (Å²) < 4.78 is 5.15. The summed E-state index contributed by atoms with van der Waals surface area (Å²) in [5, 5.41) is 9.94. The Bertz CT molecular complexity index is 147. The molecular weight excluding hydrogens is 164 g/mol. The molecule has 0 aromatic carbocycles. The second kappa shape index (κ2) is 4.97. The zero-order valence-corrected chi connectivity index (χ0v) is 8.99. The van der Waals surface area contributed by atoms with E-state index in [1.54, 1.807) is 7.11 Å². The molecular formula is C11H22O2. The molecule has 1 N–H and O–H groups in total. The summed E-state index contributed by atoms with van der Waals surface area (Å²) in [6, 6.07) is 0. The van der Waals surface area contributed by atoms with Crippen LogP contribution in [0.5, 0.6) is 0 Å². The van der Waals surface area contributed by atoms with Crippen molar-refractivity contribution in [2.45, 2.75) is 51.7 Å². The van der Waals surface area contributed by atoms with Gasteiger partial charge in [0.05, 0.1) is 12.2 Å². The second-order valence-corrected chi connectivity index (χ2v) is 4.46. The van der Waals surface area contributed by atoms with Crippen molar-refractivity contribution < 1.29 is 9.84 Å². The van der Waals surface area contributed by atoms with Crippen LogP contribution >= 0.6 is 0 Å². The topological polar surface area (TPSA) is 29.5 Å². The van der Waals surface area contributed by atoms with E-state index in [1.165, 1.54) is 19.3 Å². The Morgan fingerprint density at radius 3 is 2.62 bits per heavy atom. The Kier molecular flexibility index (Phi) is 4.20. The van der Waals surface area contributed by atoms with Crippen molar-refractivity contribution in [3.8, 4) is 0 Å². The first-order valence-electron chi connectivity index (χ1n) is 5.36. The van der Waals surface area contributed by atoms with Gasteiger partial charge in [-0.25, -0.2) is 0 Å². The van der Waals surface area contributed by atoms with Gasteiger partial charge >= 0.3 is 0 Å². The van der Waals surface area contributed by atoms with Crippen LogP contribution in [0.3, 0.4) is 0 Å². The van der Waals surface area contributed by atoms with Crippen LogP contribution in [0.4, 0.5) is 0 Å². The molecule has 2 heteroatoms. The van der Waals surface area contributed by atoms with Crippen molar-refractivity contribution in [3.63, 3.8) is 0 Å². The van der Waals surface area contributed by atoms with E-state index < -0.39 is 0 Å². The number of methoxy groups -OCH3 is 1. The first-order chi connectivity index (χ1) is 6.15. The Morgan fingerprint density at radius 2 is 2.08 bits per heavy atom. The van der Waals surface area contributed by atoms with Gasteiger partial charge in [-0.05, 0) is 31.6 Å². The van der Waals surface area contributed by atoms with E-state index in [9.17, 15) is 5.11 Å². The predicted octanol–water partition coefficient (Wildman–Crippen LogP) is 2.21. The van der Waals surface area contributed by atoms with Gasteiger partial charge in [-0.3, -0.25) is 0 Å². The van der Waals surface area contributed by atoms with Crippen LogP contribution in [0.2, 0.25) is 0 Å². The number of rotatable bonds is 3. The summed E-state index contributed by atoms with van der Waals surface area (Å²) in [5.74, 6) is 1.23. The van der Waals surface area contributed by atoms with Crippen molar-refractivity contribution in [2.75, 3.05) is 7.11 Å². The third-order valence-corrected chi connectivity index (χ3v) is 3.31. The maximum atomic E-state index is 9.94. The highest BCUT2D eigenvalue weighted by Gasteiger charge is 2.28. The van der Waals surface area contributed by atoms with Crippen LogP contribution in [-0.4, -0.2) is 24.4 Å². The molecule has 0 saturated heterocycles. The maximum Gasteiger partial charge on any atom is 0.0827 e. The molecule has 4 unspecified atom stereocenters. The van der Waals surface area contributed by atoms with Crippen molar-refractivity contribution in [1.29, 1.82) is 0 Å². The van der Waals surface area contributed by atoms with E-state index in [1.807, 2.05) is 6.92 Å². The fourth-order valence-corrected chi connectivity index (χ4v) is 2.31. The van der Waals surface area contributed by atoms with E-state index in [0.29, 0.717) is 5.92 Å². The van der Waals surface area contributed by atoms with Crippen molar-refractivity contribution in [2.24, 2.45) is 11.8 Å². The van der Waals surface area contributed by atoms with Gasteiger partial charge in [-0.1, -0.05) is 19.8 Å². The molecule has 4 atom stereocenters. The highest BCUT2D eigenvalue weighted by Crippen LogP contribution is 2.32. The Balaban J connectivity index is 2.41. The quantitative estimate of drug-likeness (QED) is 0.732. The van der Waals surface area contributed by atoms with E-state index in [-0.39, 0.29) is 12.2 Å². The second-order valence-electron chi connectivity index (χ2n) is 4.46. The average molecular weight is 186 g/mol. The number of hydrogen-bond donors (Lipinski definition) is 1. The fraction of sp³-hybridized carbons (Fsp3) is 1.00. The maximum absolute atomic E-state index is 9.94. The lowest BCUT2D eigenvalue weighted by molar-refractivity contribution is -0.0440. The molecule has 0 amide bonds. The highest BCUT2D eigenvalue weighted by molar-refractivity contribution is 4.79. The fourth-order valence-electron chi connectivity index (χ4n) is 2.31. The summed E-state index contributed by atoms with van der Waals surface area (Å²) in [4.78, 5) is 0. The molecule has 0 aromatic rings. The summed E-state index contributed by atoms with van der Waals surface area (Å²) in [5.41, 5.74) is 0. The van der Waals surface area contributed by atoms with Crippen LogP contribution in [-0.2, 0) is 4.74 Å². The van der Waals surface area contributed by atoms with Crippen LogP contribution < -0.4 is 0 Å². The van der Waals surface area contributed by atoms with Crippen LogP contribution in [0.25, 0.3) is 0 Å². The number of aliphatic hydroxyl groups is 1. The SMILES string of the molecule is COC(C)C(O)C1CCCC(C)C1. The molecule has 0 aromatic heterocycles. The van der Waals surface area contributed by atoms with E-state index in [0.717, 1.165) is 12.3 Å². The Labute approximate surface area is 81.3 Å². The Morgan fingerprint density at radius 1 is 1.38 bits per heavy atom. The summed E-state index contributed by atoms with van der Waals surface area (Å²) >= 11 is 0. The molecule has 78 valence electrons. The lowest BCUT2D eigenvalue weighted by atomic mass is 9.78. The molecule has 13 heavy (non-hydrogen) atoms. The van der Waals surface area contributed by atoms with Crippen molar-refractivity contribution in [3.05, 3.63) is 0 Å². The van der Waals surface area contributed by atoms with Gasteiger partial charge in [-0.15, -0.1) is 0 Å². The monoisotopic (exact) mass is 186 g/mol. The minimum atomic E-state index is -0.271. The average Bonchev–Trinajstić information content (AvgIpc) is 2.15. The van der Waals surface area contributed by atoms with E-state index in [2.05, 4.69) is 6.92 Å². The molecule has 0 heterocycles. The molecule has 0 bridgehead atoms. The first kappa shape index (κ1) is 11.0. The first-order valence-corrected chi connectivity index (χ1v) is 5.36. The number of hydrogen-bond acceptors (Lipinski definition) is 2. The molecule has 1 rings (SSSR count). The van der Waals surface area contributed by atoms with Gasteiger partial charge in [0, 0.05) is 7.11 Å². The Hall–Kier alpha value is -0.0800. The summed E-state index contributed by atoms with van der Waals surface area (Å²) in [6.07, 6.45) is 4.63. The van der Waals surface area contributed by atoms with Crippen LogP contribution in [0, 0.1) is 11.8 Å². The highest BCUT2D eigenvalue weighted by atomic mass is 16.5. The number of ether oxygens (including phenoxy) is 1. The zero-order valence-electron chi connectivity index (χ0n) is 8.99. The van der Waals surface area contributed by atoms with E-state index >= 15 is 0 Å². The third-order valence-electron chi connectivity index (χ3n) is 3.31. The lowest BCUT2D eigenvalue weighted by Gasteiger charge is -2.32. The normalized spacial score (nSPS) is 34.2. The van der Waals surface area contributed by atoms with Gasteiger partial charge in [0.25, 0.3) is 0 Å². The van der Waals surface area contributed by atoms with Crippen molar-refractivity contribution >= 4 is 0 Å². The molecule has 1 fully saturated rings. The molecule has 1 saturated carbocycles. The van der Waals surface area contributed by atoms with Gasteiger partial charge in [-0.2, -0.15) is 0 Å². The lowest BCUT2D eigenvalue weighted by Crippen LogP contribution is -2.35. The molecule has 0 radical (unpaired) electrons. The molecule has 0 spiro atoms. The minimum absolute atomic E-state index is 0.0182. The molecule has 1 aliphatic rings. The zero-order chi connectivity index (χ0) is 9.84. The molecule has 1 aliphatic carbocycles. The summed E-state index contributed by atoms with van der Waals surface area (Å²) in [6.45, 7) is 4.22. The minimum Gasteiger partial charge on any atom is -0.390 e. The van der Waals surface area contributed by atoms with Gasteiger partial charge in [0.15, 0.2) is 0 Å². The van der Waals surface area contributed by atoms with Gasteiger partial charge in [0.1, 0.15) is 0 Å². The predicted molar refractivity (Wildman–Crippen MR) is 53.6 cm³/mol. The number of aliphatic hydroxyl groups excluding tert-OH is 1. The molecule has 0 aliphatic heterocycles. The third kappa shape index (κ3) is 2.96. The van der Waals surface area contributed by atoms with E-state index in [4.69, 9.17) is 4.74 Å². The standard InChI is InChI=1S/C11H22O2/c1-8-5-4-6-10(7-8)11(12)9(2)13-3/h8-12H,4-7H2,1-3H3. The van der Waals surface area contributed by atoms with Crippen molar-refractivity contribution in [1.82, 2.24) is 0 Å². The van der Waals surface area contributed by atoms with Gasteiger partial charge in [0.2, 0.25) is 0 Å². The molecule has 2 nitrogen and oxygen atoms in total. The van der Waals surface area contributed by atoms with Crippen LogP contribution in [0.1, 0.15) is 39.5 Å². The van der Waals surface area contributed by atoms with Crippen LogP contribution in [0.15, 0.2) is 0 Å². The van der Waals surface area contributed by atoms with Gasteiger partial charge < -0.3 is 9.84 Å².